The number of nitrogens with two attached hydrogens (primary N) is 1. The lowest BCUT2D eigenvalue weighted by Gasteiger charge is -2.39. The van der Waals surface area contributed by atoms with Crippen molar-refractivity contribution in [3.8, 4) is 6.07 Å². The Labute approximate surface area is 187 Å². The zero-order valence-corrected chi connectivity index (χ0v) is 18.5. The predicted molar refractivity (Wildman–Crippen MR) is 121 cm³/mol. The average Bonchev–Trinajstić information content (AvgIpc) is 3.16. The molecule has 1 unspecified atom stereocenters. The van der Waals surface area contributed by atoms with Crippen molar-refractivity contribution in [2.24, 2.45) is 5.92 Å². The summed E-state index contributed by atoms with van der Waals surface area (Å²) >= 11 is 13.0. The average molecular weight is 447 g/mol. The van der Waals surface area contributed by atoms with E-state index in [9.17, 15) is 0 Å². The number of hydrogen-bond acceptors (Lipinski definition) is 5. The maximum atomic E-state index is 9.13. The summed E-state index contributed by atoms with van der Waals surface area (Å²) in [6.07, 6.45) is 7.23. The van der Waals surface area contributed by atoms with Crippen molar-refractivity contribution in [2.45, 2.75) is 44.2 Å². The van der Waals surface area contributed by atoms with Crippen molar-refractivity contribution in [1.29, 1.82) is 5.26 Å². The van der Waals surface area contributed by atoms with E-state index in [1.54, 1.807) is 6.20 Å². The molecule has 2 fully saturated rings. The highest BCUT2D eigenvalue weighted by Gasteiger charge is 2.30. The van der Waals surface area contributed by atoms with Gasteiger partial charge in [0.2, 0.25) is 0 Å². The first-order chi connectivity index (χ1) is 14.6. The van der Waals surface area contributed by atoms with E-state index >= 15 is 0 Å². The van der Waals surface area contributed by atoms with Gasteiger partial charge in [-0.2, -0.15) is 10.4 Å². The van der Waals surface area contributed by atoms with E-state index < -0.39 is 0 Å². The summed E-state index contributed by atoms with van der Waals surface area (Å²) < 4.78 is 1.89. The molecule has 1 saturated carbocycles. The highest BCUT2D eigenvalue weighted by atomic mass is 35.5. The van der Waals surface area contributed by atoms with Crippen molar-refractivity contribution >= 4 is 29.0 Å². The summed E-state index contributed by atoms with van der Waals surface area (Å²) in [5.74, 6) is 0.952. The number of hydrogen-bond donors (Lipinski definition) is 2. The summed E-state index contributed by atoms with van der Waals surface area (Å²) in [5.41, 5.74) is 7.45. The van der Waals surface area contributed by atoms with Gasteiger partial charge in [0.15, 0.2) is 5.82 Å². The SMILES string of the molecule is N#Cc1cn(C2CCC(CC(c3cccc(Cl)c3Cl)N3CCNCC3)CC2)nc1N. The number of halogens is 2. The van der Waals surface area contributed by atoms with Crippen LogP contribution in [0.2, 0.25) is 10.0 Å². The Morgan fingerprint density at radius 2 is 1.93 bits per heavy atom. The van der Waals surface area contributed by atoms with E-state index in [-0.39, 0.29) is 6.04 Å². The monoisotopic (exact) mass is 446 g/mol. The molecule has 8 heteroatoms. The Hall–Kier alpha value is -1.78. The molecule has 1 aliphatic carbocycles. The molecule has 2 aliphatic rings. The van der Waals surface area contributed by atoms with Gasteiger partial charge in [-0.3, -0.25) is 9.58 Å². The lowest BCUT2D eigenvalue weighted by molar-refractivity contribution is 0.132. The van der Waals surface area contributed by atoms with Crippen LogP contribution in [-0.2, 0) is 0 Å². The van der Waals surface area contributed by atoms with Crippen LogP contribution >= 0.6 is 23.2 Å². The second-order valence-electron chi connectivity index (χ2n) is 8.37. The Morgan fingerprint density at radius 1 is 1.20 bits per heavy atom. The number of nitrogens with one attached hydrogen (secondary N) is 1. The molecule has 0 bridgehead atoms. The number of nitrogen functional groups attached to an aromatic ring is 1. The molecule has 6 nitrogen and oxygen atoms in total. The maximum absolute atomic E-state index is 9.13. The van der Waals surface area contributed by atoms with Gasteiger partial charge in [-0.25, -0.2) is 0 Å². The largest absolute Gasteiger partial charge is 0.381 e. The summed E-state index contributed by atoms with van der Waals surface area (Å²) in [7, 11) is 0. The molecule has 0 spiro atoms. The molecular formula is C22H28Cl2N6. The molecule has 1 aromatic carbocycles. The van der Waals surface area contributed by atoms with Crippen LogP contribution in [0.4, 0.5) is 5.82 Å². The summed E-state index contributed by atoms with van der Waals surface area (Å²) in [6.45, 7) is 4.05. The Morgan fingerprint density at radius 3 is 2.60 bits per heavy atom. The first-order valence-corrected chi connectivity index (χ1v) is 11.5. The van der Waals surface area contributed by atoms with Crippen LogP contribution in [0.3, 0.4) is 0 Å². The molecule has 2 heterocycles. The van der Waals surface area contributed by atoms with Crippen LogP contribution in [0.15, 0.2) is 24.4 Å². The van der Waals surface area contributed by atoms with Crippen molar-refractivity contribution in [2.75, 3.05) is 31.9 Å². The van der Waals surface area contributed by atoms with E-state index in [4.69, 9.17) is 34.2 Å². The third-order valence-corrected chi connectivity index (χ3v) is 7.39. The number of anilines is 1. The summed E-state index contributed by atoms with van der Waals surface area (Å²) in [5, 5.41) is 18.2. The third-order valence-electron chi connectivity index (χ3n) is 6.56. The number of aromatic nitrogens is 2. The molecule has 0 amide bonds. The highest BCUT2D eigenvalue weighted by molar-refractivity contribution is 6.42. The smallest absolute Gasteiger partial charge is 0.163 e. The van der Waals surface area contributed by atoms with Gasteiger partial charge in [0.25, 0.3) is 0 Å². The normalized spacial score (nSPS) is 23.8. The van der Waals surface area contributed by atoms with Crippen molar-refractivity contribution in [1.82, 2.24) is 20.0 Å². The standard InChI is InChI=1S/C22H28Cl2N6/c23-19-3-1-2-18(21(19)24)20(29-10-8-27-9-11-29)12-15-4-6-17(7-5-15)30-14-16(13-25)22(26)28-30/h1-3,14-15,17,20,27H,4-12H2,(H2,26,28). The van der Waals surface area contributed by atoms with E-state index in [0.717, 1.165) is 63.8 Å². The molecule has 1 aliphatic heterocycles. The lowest BCUT2D eigenvalue weighted by Crippen LogP contribution is -2.45. The topological polar surface area (TPSA) is 82.9 Å². The Bertz CT molecular complexity index is 907. The van der Waals surface area contributed by atoms with Crippen molar-refractivity contribution in [3.05, 3.63) is 45.6 Å². The minimum atomic E-state index is 0.283. The highest BCUT2D eigenvalue weighted by Crippen LogP contribution is 2.41. The van der Waals surface area contributed by atoms with Crippen LogP contribution in [0.25, 0.3) is 0 Å². The van der Waals surface area contributed by atoms with Crippen LogP contribution in [-0.4, -0.2) is 40.9 Å². The number of benzene rings is 1. The molecule has 30 heavy (non-hydrogen) atoms. The fourth-order valence-electron chi connectivity index (χ4n) is 4.88. The van der Waals surface area contributed by atoms with Crippen LogP contribution in [0, 0.1) is 17.2 Å². The molecule has 1 saturated heterocycles. The van der Waals surface area contributed by atoms with Gasteiger partial charge >= 0.3 is 0 Å². The van der Waals surface area contributed by atoms with Crippen LogP contribution in [0.1, 0.15) is 55.3 Å². The second-order valence-corrected chi connectivity index (χ2v) is 9.16. The van der Waals surface area contributed by atoms with Crippen LogP contribution < -0.4 is 11.1 Å². The minimum Gasteiger partial charge on any atom is -0.381 e. The molecule has 2 aromatic rings. The van der Waals surface area contributed by atoms with Crippen molar-refractivity contribution < 1.29 is 0 Å². The van der Waals surface area contributed by atoms with Gasteiger partial charge in [0.05, 0.1) is 16.1 Å². The quantitative estimate of drug-likeness (QED) is 0.710. The molecule has 3 N–H and O–H groups in total. The fraction of sp³-hybridized carbons (Fsp3) is 0.545. The zero-order chi connectivity index (χ0) is 21.1. The summed E-state index contributed by atoms with van der Waals surface area (Å²) in [6, 6.07) is 8.70. The van der Waals surface area contributed by atoms with Crippen LogP contribution in [0.5, 0.6) is 0 Å². The first kappa shape index (κ1) is 21.5. The maximum Gasteiger partial charge on any atom is 0.163 e. The molecular weight excluding hydrogens is 419 g/mol. The second kappa shape index (κ2) is 9.57. The van der Waals surface area contributed by atoms with E-state index in [0.29, 0.717) is 33.4 Å². The molecule has 1 atom stereocenters. The molecule has 1 aromatic heterocycles. The summed E-state index contributed by atoms with van der Waals surface area (Å²) in [4.78, 5) is 2.55. The van der Waals surface area contributed by atoms with Gasteiger partial charge in [0, 0.05) is 38.4 Å². The zero-order valence-electron chi connectivity index (χ0n) is 17.0. The van der Waals surface area contributed by atoms with Gasteiger partial charge in [-0.15, -0.1) is 0 Å². The van der Waals surface area contributed by atoms with Gasteiger partial charge in [-0.05, 0) is 49.7 Å². The third kappa shape index (κ3) is 4.60. The first-order valence-electron chi connectivity index (χ1n) is 10.7. The minimum absolute atomic E-state index is 0.283. The number of rotatable bonds is 5. The Kier molecular flexibility index (Phi) is 6.84. The lowest BCUT2D eigenvalue weighted by atomic mass is 9.80. The fourth-order valence-corrected chi connectivity index (χ4v) is 5.32. The molecule has 0 radical (unpaired) electrons. The van der Waals surface area contributed by atoms with E-state index in [1.165, 1.54) is 0 Å². The molecule has 4 rings (SSSR count). The molecule has 160 valence electrons. The number of nitriles is 1. The van der Waals surface area contributed by atoms with E-state index in [1.807, 2.05) is 16.8 Å². The number of nitrogens with zero attached hydrogens (tertiary/aromatic N) is 4. The predicted octanol–water partition coefficient (Wildman–Crippen LogP) is 4.41. The number of piperazine rings is 1. The van der Waals surface area contributed by atoms with E-state index in [2.05, 4.69) is 27.5 Å². The van der Waals surface area contributed by atoms with Gasteiger partial charge in [-0.1, -0.05) is 35.3 Å². The van der Waals surface area contributed by atoms with Crippen molar-refractivity contribution in [3.63, 3.8) is 0 Å². The van der Waals surface area contributed by atoms with Gasteiger partial charge in [0.1, 0.15) is 11.6 Å². The Balaban J connectivity index is 1.46. The van der Waals surface area contributed by atoms with Gasteiger partial charge < -0.3 is 11.1 Å².